The van der Waals surface area contributed by atoms with Crippen LogP contribution in [0, 0.1) is 5.41 Å². The number of nitrogens with one attached hydrogen (secondary N) is 1. The van der Waals surface area contributed by atoms with Crippen LogP contribution in [0.15, 0.2) is 29.1 Å². The van der Waals surface area contributed by atoms with Crippen LogP contribution in [0.5, 0.6) is 0 Å². The standard InChI is InChI=1S/C11H13N5S/c1-16(6-8-3-5-17-7-8)11-9(10(12)13)2-4-14-15-11/h2-5,7H,6H2,1H3,(H3,12,13). The molecule has 0 aliphatic heterocycles. The van der Waals surface area contributed by atoms with Gasteiger partial charge in [-0.2, -0.15) is 16.4 Å². The highest BCUT2D eigenvalue weighted by molar-refractivity contribution is 7.07. The number of hydrogen-bond acceptors (Lipinski definition) is 5. The monoisotopic (exact) mass is 247 g/mol. The molecule has 3 N–H and O–H groups in total. The summed E-state index contributed by atoms with van der Waals surface area (Å²) in [6, 6.07) is 3.76. The molecule has 0 saturated heterocycles. The fourth-order valence-electron chi connectivity index (χ4n) is 1.55. The summed E-state index contributed by atoms with van der Waals surface area (Å²) in [4.78, 5) is 1.94. The predicted octanol–water partition coefficient (Wildman–Crippen LogP) is 1.46. The van der Waals surface area contributed by atoms with Gasteiger partial charge in [-0.05, 0) is 28.5 Å². The summed E-state index contributed by atoms with van der Waals surface area (Å²) < 4.78 is 0. The lowest BCUT2D eigenvalue weighted by atomic mass is 10.2. The average Bonchev–Trinajstić information content (AvgIpc) is 2.81. The fourth-order valence-corrected chi connectivity index (χ4v) is 2.21. The van der Waals surface area contributed by atoms with E-state index in [1.54, 1.807) is 23.6 Å². The van der Waals surface area contributed by atoms with Crippen LogP contribution in [-0.2, 0) is 6.54 Å². The molecule has 0 fully saturated rings. The van der Waals surface area contributed by atoms with Gasteiger partial charge in [0, 0.05) is 13.6 Å². The van der Waals surface area contributed by atoms with E-state index in [1.165, 1.54) is 5.56 Å². The van der Waals surface area contributed by atoms with Crippen molar-refractivity contribution in [1.82, 2.24) is 10.2 Å². The van der Waals surface area contributed by atoms with Crippen molar-refractivity contribution >= 4 is 23.0 Å². The Hall–Kier alpha value is -1.95. The van der Waals surface area contributed by atoms with Crippen molar-refractivity contribution in [3.63, 3.8) is 0 Å². The quantitative estimate of drug-likeness (QED) is 0.633. The molecule has 88 valence electrons. The molecule has 2 heterocycles. The van der Waals surface area contributed by atoms with Gasteiger partial charge in [0.25, 0.3) is 0 Å². The highest BCUT2D eigenvalue weighted by Crippen LogP contribution is 2.17. The van der Waals surface area contributed by atoms with Crippen molar-refractivity contribution < 1.29 is 0 Å². The normalized spacial score (nSPS) is 10.2. The first-order chi connectivity index (χ1) is 8.18. The lowest BCUT2D eigenvalue weighted by molar-refractivity contribution is 0.866. The number of rotatable bonds is 4. The Morgan fingerprint density at radius 2 is 2.35 bits per heavy atom. The van der Waals surface area contributed by atoms with Gasteiger partial charge in [-0.25, -0.2) is 0 Å². The Bertz CT molecular complexity index is 508. The maximum atomic E-state index is 7.50. The predicted molar refractivity (Wildman–Crippen MR) is 69.5 cm³/mol. The van der Waals surface area contributed by atoms with Crippen molar-refractivity contribution in [2.45, 2.75) is 6.54 Å². The number of hydrogen-bond donors (Lipinski definition) is 2. The third-order valence-electron chi connectivity index (χ3n) is 2.35. The molecule has 2 aromatic rings. The van der Waals surface area contributed by atoms with Crippen molar-refractivity contribution in [3.8, 4) is 0 Å². The van der Waals surface area contributed by atoms with Gasteiger partial charge >= 0.3 is 0 Å². The molecule has 6 heteroatoms. The minimum Gasteiger partial charge on any atom is -0.384 e. The highest BCUT2D eigenvalue weighted by atomic mass is 32.1. The number of thiophene rings is 1. The molecule has 0 unspecified atom stereocenters. The number of anilines is 1. The van der Waals surface area contributed by atoms with E-state index in [2.05, 4.69) is 21.6 Å². The summed E-state index contributed by atoms with van der Waals surface area (Å²) in [5, 5.41) is 19.5. The molecule has 2 aromatic heterocycles. The van der Waals surface area contributed by atoms with E-state index in [4.69, 9.17) is 11.1 Å². The molecule has 0 aliphatic carbocycles. The van der Waals surface area contributed by atoms with Crippen molar-refractivity contribution in [2.75, 3.05) is 11.9 Å². The SMILES string of the molecule is CN(Cc1ccsc1)c1nnccc1C(=N)N. The second kappa shape index (κ2) is 4.92. The first kappa shape index (κ1) is 11.5. The van der Waals surface area contributed by atoms with Crippen LogP contribution >= 0.6 is 11.3 Å². The molecular weight excluding hydrogens is 234 g/mol. The fraction of sp³-hybridized carbons (Fsp3) is 0.182. The molecule has 0 bridgehead atoms. The molecule has 0 spiro atoms. The van der Waals surface area contributed by atoms with Gasteiger partial charge in [0.15, 0.2) is 5.82 Å². The molecule has 17 heavy (non-hydrogen) atoms. The van der Waals surface area contributed by atoms with Crippen LogP contribution < -0.4 is 10.6 Å². The Balaban J connectivity index is 2.24. The molecule has 2 rings (SSSR count). The van der Waals surface area contributed by atoms with Gasteiger partial charge in [0.2, 0.25) is 0 Å². The molecule has 0 atom stereocenters. The van der Waals surface area contributed by atoms with Crippen LogP contribution in [-0.4, -0.2) is 23.1 Å². The summed E-state index contributed by atoms with van der Waals surface area (Å²) in [6.45, 7) is 0.725. The highest BCUT2D eigenvalue weighted by Gasteiger charge is 2.12. The number of amidine groups is 1. The second-order valence-electron chi connectivity index (χ2n) is 3.67. The first-order valence-corrected chi connectivity index (χ1v) is 6.01. The smallest absolute Gasteiger partial charge is 0.162 e. The molecular formula is C11H13N5S. The maximum Gasteiger partial charge on any atom is 0.162 e. The summed E-state index contributed by atoms with van der Waals surface area (Å²) in [5.41, 5.74) is 7.33. The van der Waals surface area contributed by atoms with Crippen LogP contribution in [0.4, 0.5) is 5.82 Å². The van der Waals surface area contributed by atoms with Gasteiger partial charge in [-0.15, -0.1) is 5.10 Å². The number of nitrogens with zero attached hydrogens (tertiary/aromatic N) is 3. The Kier molecular flexibility index (Phi) is 3.34. The van der Waals surface area contributed by atoms with Gasteiger partial charge < -0.3 is 10.6 Å². The topological polar surface area (TPSA) is 78.9 Å². The minimum atomic E-state index is 0.00655. The Morgan fingerprint density at radius 1 is 1.53 bits per heavy atom. The summed E-state index contributed by atoms with van der Waals surface area (Å²) >= 11 is 1.66. The molecule has 0 saturated carbocycles. The zero-order valence-corrected chi connectivity index (χ0v) is 10.2. The lowest BCUT2D eigenvalue weighted by Crippen LogP contribution is -2.23. The summed E-state index contributed by atoms with van der Waals surface area (Å²) in [6.07, 6.45) is 1.54. The third kappa shape index (κ3) is 2.59. The molecule has 0 aromatic carbocycles. The molecule has 0 amide bonds. The molecule has 0 aliphatic rings. The van der Waals surface area contributed by atoms with Crippen LogP contribution in [0.1, 0.15) is 11.1 Å². The van der Waals surface area contributed by atoms with E-state index >= 15 is 0 Å². The van der Waals surface area contributed by atoms with E-state index in [9.17, 15) is 0 Å². The third-order valence-corrected chi connectivity index (χ3v) is 3.08. The van der Waals surface area contributed by atoms with E-state index in [-0.39, 0.29) is 5.84 Å². The summed E-state index contributed by atoms with van der Waals surface area (Å²) in [5.74, 6) is 0.637. The van der Waals surface area contributed by atoms with E-state index in [1.807, 2.05) is 17.3 Å². The van der Waals surface area contributed by atoms with Gasteiger partial charge in [-0.3, -0.25) is 5.41 Å². The van der Waals surface area contributed by atoms with E-state index in [0.29, 0.717) is 11.4 Å². The van der Waals surface area contributed by atoms with Crippen LogP contribution in [0.3, 0.4) is 0 Å². The number of nitrogen functional groups attached to an aromatic ring is 1. The van der Waals surface area contributed by atoms with Gasteiger partial charge in [0.05, 0.1) is 11.8 Å². The van der Waals surface area contributed by atoms with Gasteiger partial charge in [0.1, 0.15) is 5.84 Å². The van der Waals surface area contributed by atoms with Crippen LogP contribution in [0.2, 0.25) is 0 Å². The van der Waals surface area contributed by atoms with E-state index < -0.39 is 0 Å². The molecule has 5 nitrogen and oxygen atoms in total. The van der Waals surface area contributed by atoms with Gasteiger partial charge in [-0.1, -0.05) is 0 Å². The zero-order valence-electron chi connectivity index (χ0n) is 9.42. The van der Waals surface area contributed by atoms with Crippen molar-refractivity contribution in [3.05, 3.63) is 40.2 Å². The minimum absolute atomic E-state index is 0.00655. The van der Waals surface area contributed by atoms with E-state index in [0.717, 1.165) is 6.54 Å². The van der Waals surface area contributed by atoms with Crippen LogP contribution in [0.25, 0.3) is 0 Å². The first-order valence-electron chi connectivity index (χ1n) is 5.07. The zero-order chi connectivity index (χ0) is 12.3. The Labute approximate surface area is 103 Å². The Morgan fingerprint density at radius 3 is 3.00 bits per heavy atom. The lowest BCUT2D eigenvalue weighted by Gasteiger charge is -2.19. The summed E-state index contributed by atoms with van der Waals surface area (Å²) in [7, 11) is 1.91. The number of nitrogens with two attached hydrogens (primary N) is 1. The number of aromatic nitrogens is 2. The second-order valence-corrected chi connectivity index (χ2v) is 4.45. The van der Waals surface area contributed by atoms with Crippen molar-refractivity contribution in [1.29, 1.82) is 5.41 Å². The largest absolute Gasteiger partial charge is 0.384 e. The average molecular weight is 247 g/mol. The van der Waals surface area contributed by atoms with Crippen molar-refractivity contribution in [2.24, 2.45) is 5.73 Å². The molecule has 0 radical (unpaired) electrons. The maximum absolute atomic E-state index is 7.50.